The van der Waals surface area contributed by atoms with Gasteiger partial charge in [0.25, 0.3) is 0 Å². The SMILES string of the molecule is CC(C)(C(=O)O)c1cc(N)ccn1.Cl. The topological polar surface area (TPSA) is 76.2 Å². The van der Waals surface area contributed by atoms with E-state index in [0.717, 1.165) is 0 Å². The van der Waals surface area contributed by atoms with Gasteiger partial charge in [-0.25, -0.2) is 0 Å². The number of aromatic nitrogens is 1. The summed E-state index contributed by atoms with van der Waals surface area (Å²) < 4.78 is 0. The van der Waals surface area contributed by atoms with Crippen LogP contribution in [0, 0.1) is 0 Å². The van der Waals surface area contributed by atoms with E-state index in [0.29, 0.717) is 11.4 Å². The molecule has 0 saturated heterocycles. The van der Waals surface area contributed by atoms with Crippen molar-refractivity contribution in [2.24, 2.45) is 0 Å². The lowest BCUT2D eigenvalue weighted by Crippen LogP contribution is -2.29. The van der Waals surface area contributed by atoms with Crippen molar-refractivity contribution >= 4 is 24.1 Å². The Balaban J connectivity index is 0.00000169. The molecule has 0 amide bonds. The highest BCUT2D eigenvalue weighted by molar-refractivity contribution is 5.85. The molecule has 0 radical (unpaired) electrons. The maximum absolute atomic E-state index is 10.9. The number of nitrogens with two attached hydrogens (primary N) is 1. The highest BCUT2D eigenvalue weighted by atomic mass is 35.5. The van der Waals surface area contributed by atoms with Gasteiger partial charge in [0.05, 0.1) is 5.69 Å². The van der Waals surface area contributed by atoms with Crippen molar-refractivity contribution in [3.63, 3.8) is 0 Å². The molecule has 0 fully saturated rings. The van der Waals surface area contributed by atoms with Crippen molar-refractivity contribution in [1.82, 2.24) is 4.98 Å². The van der Waals surface area contributed by atoms with Crippen LogP contribution >= 0.6 is 12.4 Å². The first-order valence-electron chi connectivity index (χ1n) is 3.90. The van der Waals surface area contributed by atoms with Gasteiger partial charge in [0, 0.05) is 11.9 Å². The summed E-state index contributed by atoms with van der Waals surface area (Å²) in [4.78, 5) is 14.8. The van der Waals surface area contributed by atoms with E-state index in [1.54, 1.807) is 26.0 Å². The van der Waals surface area contributed by atoms with E-state index >= 15 is 0 Å². The van der Waals surface area contributed by atoms with Gasteiger partial charge in [-0.2, -0.15) is 0 Å². The van der Waals surface area contributed by atoms with Gasteiger partial charge in [-0.05, 0) is 26.0 Å². The lowest BCUT2D eigenvalue weighted by atomic mass is 9.89. The van der Waals surface area contributed by atoms with Crippen LogP contribution in [0.2, 0.25) is 0 Å². The van der Waals surface area contributed by atoms with Gasteiger partial charge in [0.15, 0.2) is 0 Å². The number of rotatable bonds is 2. The Hall–Kier alpha value is -1.29. The van der Waals surface area contributed by atoms with Crippen LogP contribution < -0.4 is 5.73 Å². The number of carboxylic acid groups (broad SMARTS) is 1. The van der Waals surface area contributed by atoms with Crippen LogP contribution in [0.15, 0.2) is 18.3 Å². The third-order valence-corrected chi connectivity index (χ3v) is 1.96. The van der Waals surface area contributed by atoms with E-state index in [1.165, 1.54) is 6.20 Å². The van der Waals surface area contributed by atoms with Crippen molar-refractivity contribution < 1.29 is 9.90 Å². The zero-order valence-corrected chi connectivity index (χ0v) is 8.84. The maximum Gasteiger partial charge on any atom is 0.315 e. The molecular formula is C9H13ClN2O2. The van der Waals surface area contributed by atoms with Gasteiger partial charge >= 0.3 is 5.97 Å². The molecule has 78 valence electrons. The Morgan fingerprint density at radius 3 is 2.57 bits per heavy atom. The van der Waals surface area contributed by atoms with Crippen LogP contribution in [-0.2, 0) is 10.2 Å². The maximum atomic E-state index is 10.9. The zero-order valence-electron chi connectivity index (χ0n) is 8.02. The summed E-state index contributed by atoms with van der Waals surface area (Å²) in [6.07, 6.45) is 1.51. The highest BCUT2D eigenvalue weighted by Gasteiger charge is 2.30. The quantitative estimate of drug-likeness (QED) is 0.785. The first kappa shape index (κ1) is 12.7. The van der Waals surface area contributed by atoms with E-state index in [-0.39, 0.29) is 12.4 Å². The summed E-state index contributed by atoms with van der Waals surface area (Å²) in [5.74, 6) is -0.911. The van der Waals surface area contributed by atoms with Crippen LogP contribution in [0.4, 0.5) is 5.69 Å². The first-order valence-corrected chi connectivity index (χ1v) is 3.90. The largest absolute Gasteiger partial charge is 0.481 e. The third kappa shape index (κ3) is 2.35. The summed E-state index contributed by atoms with van der Waals surface area (Å²) in [6, 6.07) is 3.20. The fourth-order valence-corrected chi connectivity index (χ4v) is 0.898. The Bertz CT molecular complexity index is 339. The van der Waals surface area contributed by atoms with Gasteiger partial charge in [-0.3, -0.25) is 9.78 Å². The Labute approximate surface area is 88.6 Å². The normalized spacial score (nSPS) is 10.4. The second kappa shape index (κ2) is 4.28. The van der Waals surface area contributed by atoms with Crippen LogP contribution in [0.5, 0.6) is 0 Å². The molecule has 0 bridgehead atoms. The molecule has 0 atom stereocenters. The van der Waals surface area contributed by atoms with Crippen molar-refractivity contribution in [1.29, 1.82) is 0 Å². The lowest BCUT2D eigenvalue weighted by molar-refractivity contribution is -0.142. The average Bonchev–Trinajstić information content (AvgIpc) is 2.04. The number of hydrogen-bond acceptors (Lipinski definition) is 3. The fourth-order valence-electron chi connectivity index (χ4n) is 0.898. The number of carbonyl (C=O) groups is 1. The Morgan fingerprint density at radius 1 is 1.57 bits per heavy atom. The summed E-state index contributed by atoms with van der Waals surface area (Å²) in [7, 11) is 0. The van der Waals surface area contributed by atoms with E-state index in [4.69, 9.17) is 10.8 Å². The predicted molar refractivity (Wildman–Crippen MR) is 56.6 cm³/mol. The van der Waals surface area contributed by atoms with E-state index in [1.807, 2.05) is 0 Å². The number of hydrogen-bond donors (Lipinski definition) is 2. The molecular weight excluding hydrogens is 204 g/mol. The minimum atomic E-state index is -0.991. The summed E-state index contributed by atoms with van der Waals surface area (Å²) in [5, 5.41) is 8.90. The van der Waals surface area contributed by atoms with E-state index < -0.39 is 11.4 Å². The van der Waals surface area contributed by atoms with Crippen LogP contribution in [0.1, 0.15) is 19.5 Å². The molecule has 14 heavy (non-hydrogen) atoms. The molecule has 5 heteroatoms. The molecule has 0 saturated carbocycles. The van der Waals surface area contributed by atoms with Crippen molar-refractivity contribution in [3.05, 3.63) is 24.0 Å². The molecule has 0 spiro atoms. The minimum Gasteiger partial charge on any atom is -0.481 e. The second-order valence-corrected chi connectivity index (χ2v) is 3.40. The predicted octanol–water partition coefficient (Wildman–Crippen LogP) is 1.45. The Kier molecular flexibility index (Phi) is 3.89. The molecule has 0 aliphatic rings. The molecule has 1 aromatic heterocycles. The van der Waals surface area contributed by atoms with E-state index in [2.05, 4.69) is 4.98 Å². The highest BCUT2D eigenvalue weighted by Crippen LogP contribution is 2.22. The molecule has 1 aromatic rings. The summed E-state index contributed by atoms with van der Waals surface area (Å²) in [6.45, 7) is 3.19. The lowest BCUT2D eigenvalue weighted by Gasteiger charge is -2.18. The van der Waals surface area contributed by atoms with Crippen LogP contribution in [-0.4, -0.2) is 16.1 Å². The van der Waals surface area contributed by atoms with Gasteiger partial charge in [0.1, 0.15) is 5.41 Å². The fraction of sp³-hybridized carbons (Fsp3) is 0.333. The number of nitrogens with zero attached hydrogens (tertiary/aromatic N) is 1. The smallest absolute Gasteiger partial charge is 0.315 e. The second-order valence-electron chi connectivity index (χ2n) is 3.40. The summed E-state index contributed by atoms with van der Waals surface area (Å²) in [5.41, 5.74) is 5.53. The number of aliphatic carboxylic acids is 1. The Morgan fingerprint density at radius 2 is 2.14 bits per heavy atom. The van der Waals surface area contributed by atoms with Gasteiger partial charge < -0.3 is 10.8 Å². The van der Waals surface area contributed by atoms with Crippen molar-refractivity contribution in [3.8, 4) is 0 Å². The standard InChI is InChI=1S/C9H12N2O2.ClH/c1-9(2,8(12)13)7-5-6(10)3-4-11-7;/h3-5H,1-2H3,(H2,10,11)(H,12,13);1H. The van der Waals surface area contributed by atoms with Gasteiger partial charge in [-0.15, -0.1) is 12.4 Å². The number of nitrogen functional groups attached to an aromatic ring is 1. The molecule has 4 nitrogen and oxygen atoms in total. The average molecular weight is 217 g/mol. The van der Waals surface area contributed by atoms with E-state index in [9.17, 15) is 4.79 Å². The van der Waals surface area contributed by atoms with Gasteiger partial charge in [0.2, 0.25) is 0 Å². The first-order chi connectivity index (χ1) is 5.94. The summed E-state index contributed by atoms with van der Waals surface area (Å²) >= 11 is 0. The molecule has 0 unspecified atom stereocenters. The molecule has 0 aromatic carbocycles. The zero-order chi connectivity index (χ0) is 10.1. The molecule has 3 N–H and O–H groups in total. The van der Waals surface area contributed by atoms with Gasteiger partial charge in [-0.1, -0.05) is 0 Å². The molecule has 1 rings (SSSR count). The molecule has 1 heterocycles. The monoisotopic (exact) mass is 216 g/mol. The van der Waals surface area contributed by atoms with Crippen LogP contribution in [0.3, 0.4) is 0 Å². The van der Waals surface area contributed by atoms with Crippen LogP contribution in [0.25, 0.3) is 0 Å². The minimum absolute atomic E-state index is 0. The number of carboxylic acids is 1. The third-order valence-electron chi connectivity index (χ3n) is 1.96. The molecule has 0 aliphatic carbocycles. The number of pyridine rings is 1. The molecule has 0 aliphatic heterocycles. The number of halogens is 1. The van der Waals surface area contributed by atoms with Crippen molar-refractivity contribution in [2.75, 3.05) is 5.73 Å². The van der Waals surface area contributed by atoms with Crippen molar-refractivity contribution in [2.45, 2.75) is 19.3 Å². The number of anilines is 1.